The second-order valence-electron chi connectivity index (χ2n) is 5.93. The van der Waals surface area contributed by atoms with Gasteiger partial charge in [0.25, 0.3) is 0 Å². The molecule has 7 nitrogen and oxygen atoms in total. The minimum absolute atomic E-state index is 0.0225. The van der Waals surface area contributed by atoms with Crippen molar-refractivity contribution in [2.24, 2.45) is 0 Å². The summed E-state index contributed by atoms with van der Waals surface area (Å²) in [6, 6.07) is 5.93. The summed E-state index contributed by atoms with van der Waals surface area (Å²) in [4.78, 5) is 24.0. The third-order valence-corrected chi connectivity index (χ3v) is 4.13. The van der Waals surface area contributed by atoms with Gasteiger partial charge in [0.05, 0.1) is 19.3 Å². The molecule has 2 aromatic heterocycles. The van der Waals surface area contributed by atoms with Crippen molar-refractivity contribution >= 4 is 11.7 Å². The number of ether oxygens (including phenoxy) is 1. The largest absolute Gasteiger partial charge is 0.497 e. The standard InChI is InChI=1S/C17H21N5O2/c1-11(23)22-13-5-12(6-13)16-8-17(21-10-20-16)19-9-14-7-15(24-2)3-4-18-14/h3-4,7-8,10,12-13H,5-6,9H2,1-2H3,(H,22,23)(H,19,20,21). The molecule has 1 aliphatic rings. The van der Waals surface area contributed by atoms with Crippen LogP contribution < -0.4 is 15.4 Å². The van der Waals surface area contributed by atoms with Crippen LogP contribution in [0.2, 0.25) is 0 Å². The van der Waals surface area contributed by atoms with Crippen LogP contribution in [0.4, 0.5) is 5.82 Å². The molecule has 0 aliphatic heterocycles. The average molecular weight is 327 g/mol. The molecule has 2 heterocycles. The maximum Gasteiger partial charge on any atom is 0.217 e. The van der Waals surface area contributed by atoms with E-state index in [2.05, 4.69) is 25.6 Å². The molecule has 0 bridgehead atoms. The molecular formula is C17H21N5O2. The fraction of sp³-hybridized carbons (Fsp3) is 0.412. The highest BCUT2D eigenvalue weighted by Crippen LogP contribution is 2.36. The second-order valence-corrected chi connectivity index (χ2v) is 5.93. The number of anilines is 1. The van der Waals surface area contributed by atoms with Gasteiger partial charge >= 0.3 is 0 Å². The number of nitrogens with zero attached hydrogens (tertiary/aromatic N) is 3. The lowest BCUT2D eigenvalue weighted by Gasteiger charge is -2.35. The predicted octanol–water partition coefficient (Wildman–Crippen LogP) is 1.87. The van der Waals surface area contributed by atoms with E-state index in [4.69, 9.17) is 4.74 Å². The van der Waals surface area contributed by atoms with Crippen LogP contribution >= 0.6 is 0 Å². The topological polar surface area (TPSA) is 89.0 Å². The zero-order valence-electron chi connectivity index (χ0n) is 13.8. The Hall–Kier alpha value is -2.70. The van der Waals surface area contributed by atoms with Gasteiger partial charge in [-0.25, -0.2) is 9.97 Å². The molecule has 1 amide bonds. The molecule has 1 saturated carbocycles. The summed E-state index contributed by atoms with van der Waals surface area (Å²) in [7, 11) is 1.64. The quantitative estimate of drug-likeness (QED) is 0.842. The molecule has 0 aromatic carbocycles. The molecule has 0 unspecified atom stereocenters. The van der Waals surface area contributed by atoms with Crippen LogP contribution in [0.1, 0.15) is 37.1 Å². The fourth-order valence-corrected chi connectivity index (χ4v) is 2.82. The average Bonchev–Trinajstić information content (AvgIpc) is 2.56. The molecule has 126 valence electrons. The number of carbonyl (C=O) groups is 1. The van der Waals surface area contributed by atoms with Crippen molar-refractivity contribution < 1.29 is 9.53 Å². The number of hydrogen-bond acceptors (Lipinski definition) is 6. The van der Waals surface area contributed by atoms with Crippen LogP contribution in [-0.4, -0.2) is 34.0 Å². The van der Waals surface area contributed by atoms with Crippen molar-refractivity contribution in [3.63, 3.8) is 0 Å². The Labute approximate surface area is 140 Å². The lowest BCUT2D eigenvalue weighted by atomic mass is 9.78. The monoisotopic (exact) mass is 327 g/mol. The third-order valence-electron chi connectivity index (χ3n) is 4.13. The Morgan fingerprint density at radius 1 is 1.29 bits per heavy atom. The van der Waals surface area contributed by atoms with E-state index in [0.717, 1.165) is 35.8 Å². The smallest absolute Gasteiger partial charge is 0.217 e. The summed E-state index contributed by atoms with van der Waals surface area (Å²) >= 11 is 0. The van der Waals surface area contributed by atoms with E-state index in [1.54, 1.807) is 26.6 Å². The molecule has 0 spiro atoms. The van der Waals surface area contributed by atoms with Crippen LogP contribution in [0.15, 0.2) is 30.7 Å². The van der Waals surface area contributed by atoms with Gasteiger partial charge in [-0.1, -0.05) is 0 Å². The SMILES string of the molecule is COc1ccnc(CNc2cc(C3CC(NC(C)=O)C3)ncn2)c1. The molecule has 2 N–H and O–H groups in total. The van der Waals surface area contributed by atoms with Gasteiger partial charge in [0.1, 0.15) is 17.9 Å². The lowest BCUT2D eigenvalue weighted by molar-refractivity contribution is -0.120. The first-order chi connectivity index (χ1) is 11.6. The van der Waals surface area contributed by atoms with Crippen molar-refractivity contribution in [3.8, 4) is 5.75 Å². The number of rotatable bonds is 6. The molecule has 0 atom stereocenters. The molecular weight excluding hydrogens is 306 g/mol. The molecule has 0 radical (unpaired) electrons. The Morgan fingerprint density at radius 3 is 2.88 bits per heavy atom. The zero-order chi connectivity index (χ0) is 16.9. The first kappa shape index (κ1) is 16.2. The molecule has 1 aliphatic carbocycles. The Bertz CT molecular complexity index is 716. The van der Waals surface area contributed by atoms with Gasteiger partial charge in [0.2, 0.25) is 5.91 Å². The van der Waals surface area contributed by atoms with Gasteiger partial charge < -0.3 is 15.4 Å². The number of nitrogens with one attached hydrogen (secondary N) is 2. The van der Waals surface area contributed by atoms with Crippen molar-refractivity contribution in [2.45, 2.75) is 38.3 Å². The highest BCUT2D eigenvalue weighted by Gasteiger charge is 2.31. The van der Waals surface area contributed by atoms with Gasteiger partial charge in [-0.2, -0.15) is 0 Å². The van der Waals surface area contributed by atoms with E-state index in [-0.39, 0.29) is 11.9 Å². The normalized spacial score (nSPS) is 19.2. The first-order valence-electron chi connectivity index (χ1n) is 7.96. The van der Waals surface area contributed by atoms with Crippen molar-refractivity contribution in [1.82, 2.24) is 20.3 Å². The van der Waals surface area contributed by atoms with Gasteiger partial charge in [0, 0.05) is 42.9 Å². The van der Waals surface area contributed by atoms with E-state index in [1.165, 1.54) is 0 Å². The number of pyridine rings is 1. The molecule has 24 heavy (non-hydrogen) atoms. The molecule has 0 saturated heterocycles. The van der Waals surface area contributed by atoms with Gasteiger partial charge in [-0.3, -0.25) is 9.78 Å². The maximum absolute atomic E-state index is 11.0. The summed E-state index contributed by atoms with van der Waals surface area (Å²) < 4.78 is 5.19. The minimum Gasteiger partial charge on any atom is -0.497 e. The molecule has 7 heteroatoms. The molecule has 3 rings (SSSR count). The number of hydrogen-bond donors (Lipinski definition) is 2. The van der Waals surface area contributed by atoms with Crippen LogP contribution in [0.3, 0.4) is 0 Å². The Balaban J connectivity index is 1.57. The predicted molar refractivity (Wildman–Crippen MR) is 89.7 cm³/mol. The molecule has 1 fully saturated rings. The lowest BCUT2D eigenvalue weighted by Crippen LogP contribution is -2.42. The van der Waals surface area contributed by atoms with Gasteiger partial charge in [0.15, 0.2) is 0 Å². The zero-order valence-corrected chi connectivity index (χ0v) is 13.8. The number of amides is 1. The summed E-state index contributed by atoms with van der Waals surface area (Å²) in [5.41, 5.74) is 1.89. The Kier molecular flexibility index (Phi) is 4.88. The van der Waals surface area contributed by atoms with Crippen LogP contribution in [0.5, 0.6) is 5.75 Å². The van der Waals surface area contributed by atoms with Crippen molar-refractivity contribution in [2.75, 3.05) is 12.4 Å². The van der Waals surface area contributed by atoms with E-state index in [9.17, 15) is 4.79 Å². The van der Waals surface area contributed by atoms with Crippen molar-refractivity contribution in [1.29, 1.82) is 0 Å². The van der Waals surface area contributed by atoms with E-state index in [0.29, 0.717) is 12.5 Å². The van der Waals surface area contributed by atoms with Gasteiger partial charge in [-0.05, 0) is 18.9 Å². The van der Waals surface area contributed by atoms with Crippen LogP contribution in [0.25, 0.3) is 0 Å². The third kappa shape index (κ3) is 3.98. The minimum atomic E-state index is 0.0225. The van der Waals surface area contributed by atoms with E-state index < -0.39 is 0 Å². The fourth-order valence-electron chi connectivity index (χ4n) is 2.82. The van der Waals surface area contributed by atoms with Gasteiger partial charge in [-0.15, -0.1) is 0 Å². The number of methoxy groups -OCH3 is 1. The maximum atomic E-state index is 11.0. The van der Waals surface area contributed by atoms with E-state index >= 15 is 0 Å². The van der Waals surface area contributed by atoms with E-state index in [1.807, 2.05) is 18.2 Å². The first-order valence-corrected chi connectivity index (χ1v) is 7.96. The number of carbonyl (C=O) groups excluding carboxylic acids is 1. The molecule has 2 aromatic rings. The summed E-state index contributed by atoms with van der Waals surface area (Å²) in [6.07, 6.45) is 5.14. The highest BCUT2D eigenvalue weighted by molar-refractivity contribution is 5.73. The number of aromatic nitrogens is 3. The summed E-state index contributed by atoms with van der Waals surface area (Å²) in [5.74, 6) is 1.95. The highest BCUT2D eigenvalue weighted by atomic mass is 16.5. The summed E-state index contributed by atoms with van der Waals surface area (Å²) in [6.45, 7) is 2.11. The summed E-state index contributed by atoms with van der Waals surface area (Å²) in [5, 5.41) is 6.19. The van der Waals surface area contributed by atoms with Crippen LogP contribution in [0, 0.1) is 0 Å². The van der Waals surface area contributed by atoms with Crippen LogP contribution in [-0.2, 0) is 11.3 Å². The van der Waals surface area contributed by atoms with Crippen molar-refractivity contribution in [3.05, 3.63) is 42.1 Å². The Morgan fingerprint density at radius 2 is 2.12 bits per heavy atom. The second kappa shape index (κ2) is 7.25.